The van der Waals surface area contributed by atoms with Gasteiger partial charge in [-0.3, -0.25) is 0 Å². The van der Waals surface area contributed by atoms with Gasteiger partial charge in [0.05, 0.1) is 12.1 Å². The van der Waals surface area contributed by atoms with Gasteiger partial charge in [-0.25, -0.2) is 4.39 Å². The number of rotatable bonds is 2. The van der Waals surface area contributed by atoms with Crippen LogP contribution in [0.3, 0.4) is 0 Å². The number of hydrogen-bond donors (Lipinski definition) is 2. The van der Waals surface area contributed by atoms with Crippen molar-refractivity contribution in [3.63, 3.8) is 0 Å². The second-order valence-electron chi connectivity index (χ2n) is 2.94. The lowest BCUT2D eigenvalue weighted by atomic mass is 10.0. The van der Waals surface area contributed by atoms with Crippen molar-refractivity contribution in [2.24, 2.45) is 5.73 Å². The van der Waals surface area contributed by atoms with Crippen LogP contribution in [-0.2, 0) is 0 Å². The van der Waals surface area contributed by atoms with E-state index in [2.05, 4.69) is 0 Å². The summed E-state index contributed by atoms with van der Waals surface area (Å²) < 4.78 is 13.4. The van der Waals surface area contributed by atoms with E-state index in [1.807, 2.05) is 22.6 Å². The average Bonchev–Trinajstić information content (AvgIpc) is 2.08. The standard InChI is InChI=1S/C9H11FINO/c1-5(13)9(12)6-2-3-7(10)8(11)4-6/h2-5,9,13H,12H2,1H3/t5-,9+/m0/s1. The van der Waals surface area contributed by atoms with Gasteiger partial charge in [-0.05, 0) is 47.2 Å². The maximum absolute atomic E-state index is 12.9. The largest absolute Gasteiger partial charge is 0.391 e. The molecule has 0 amide bonds. The lowest BCUT2D eigenvalue weighted by Crippen LogP contribution is -2.23. The zero-order chi connectivity index (χ0) is 10.0. The molecule has 2 atom stereocenters. The van der Waals surface area contributed by atoms with Crippen LogP contribution in [0.1, 0.15) is 18.5 Å². The highest BCUT2D eigenvalue weighted by Crippen LogP contribution is 2.19. The van der Waals surface area contributed by atoms with E-state index in [9.17, 15) is 9.50 Å². The first-order chi connectivity index (χ1) is 6.02. The van der Waals surface area contributed by atoms with Crippen molar-refractivity contribution < 1.29 is 9.50 Å². The van der Waals surface area contributed by atoms with Gasteiger partial charge in [-0.15, -0.1) is 0 Å². The van der Waals surface area contributed by atoms with Crippen LogP contribution in [0.2, 0.25) is 0 Å². The molecule has 0 bridgehead atoms. The van der Waals surface area contributed by atoms with Gasteiger partial charge in [0, 0.05) is 3.57 Å². The van der Waals surface area contributed by atoms with Crippen LogP contribution >= 0.6 is 22.6 Å². The van der Waals surface area contributed by atoms with Crippen molar-refractivity contribution >= 4 is 22.6 Å². The lowest BCUT2D eigenvalue weighted by Gasteiger charge is -2.15. The molecule has 0 spiro atoms. The van der Waals surface area contributed by atoms with Crippen molar-refractivity contribution in [1.82, 2.24) is 0 Å². The first-order valence-corrected chi connectivity index (χ1v) is 4.99. The Morgan fingerprint density at radius 3 is 2.62 bits per heavy atom. The minimum atomic E-state index is -0.624. The van der Waals surface area contributed by atoms with E-state index in [0.29, 0.717) is 3.57 Å². The Morgan fingerprint density at radius 1 is 1.54 bits per heavy atom. The molecule has 0 saturated heterocycles. The van der Waals surface area contributed by atoms with Gasteiger partial charge in [-0.1, -0.05) is 6.07 Å². The molecular formula is C9H11FINO. The smallest absolute Gasteiger partial charge is 0.136 e. The second-order valence-corrected chi connectivity index (χ2v) is 4.10. The summed E-state index contributed by atoms with van der Waals surface area (Å²) in [7, 11) is 0. The highest BCUT2D eigenvalue weighted by Gasteiger charge is 2.12. The summed E-state index contributed by atoms with van der Waals surface area (Å²) in [5.41, 5.74) is 6.43. The van der Waals surface area contributed by atoms with Crippen LogP contribution < -0.4 is 5.73 Å². The van der Waals surface area contributed by atoms with E-state index in [1.54, 1.807) is 19.1 Å². The summed E-state index contributed by atoms with van der Waals surface area (Å²) in [5.74, 6) is -0.262. The summed E-state index contributed by atoms with van der Waals surface area (Å²) >= 11 is 1.89. The monoisotopic (exact) mass is 295 g/mol. The average molecular weight is 295 g/mol. The molecule has 72 valence electrons. The third-order valence-corrected chi connectivity index (χ3v) is 2.67. The first kappa shape index (κ1) is 10.9. The van der Waals surface area contributed by atoms with Gasteiger partial charge in [0.2, 0.25) is 0 Å². The number of halogens is 2. The molecule has 1 rings (SSSR count). The van der Waals surface area contributed by atoms with Gasteiger partial charge in [0.15, 0.2) is 0 Å². The Morgan fingerprint density at radius 2 is 2.15 bits per heavy atom. The van der Waals surface area contributed by atoms with Crippen LogP contribution in [0.15, 0.2) is 18.2 Å². The number of hydrogen-bond acceptors (Lipinski definition) is 2. The molecule has 0 fully saturated rings. The van der Waals surface area contributed by atoms with Crippen molar-refractivity contribution in [3.8, 4) is 0 Å². The van der Waals surface area contributed by atoms with Gasteiger partial charge < -0.3 is 10.8 Å². The summed E-state index contributed by atoms with van der Waals surface area (Å²) in [5, 5.41) is 9.21. The number of aliphatic hydroxyl groups excluding tert-OH is 1. The molecule has 3 N–H and O–H groups in total. The fourth-order valence-corrected chi connectivity index (χ4v) is 1.54. The van der Waals surface area contributed by atoms with Crippen molar-refractivity contribution in [2.45, 2.75) is 19.1 Å². The predicted octanol–water partition coefficient (Wildman–Crippen LogP) is 1.81. The maximum atomic E-state index is 12.9. The maximum Gasteiger partial charge on any atom is 0.136 e. The Bertz CT molecular complexity index is 304. The third-order valence-electron chi connectivity index (χ3n) is 1.85. The van der Waals surface area contributed by atoms with E-state index in [-0.39, 0.29) is 5.82 Å². The molecule has 0 aromatic heterocycles. The Kier molecular flexibility index (Phi) is 3.63. The van der Waals surface area contributed by atoms with E-state index in [0.717, 1.165) is 5.56 Å². The molecule has 0 unspecified atom stereocenters. The van der Waals surface area contributed by atoms with Crippen LogP contribution in [0.5, 0.6) is 0 Å². The molecular weight excluding hydrogens is 284 g/mol. The van der Waals surface area contributed by atoms with Gasteiger partial charge in [0.25, 0.3) is 0 Å². The summed E-state index contributed by atoms with van der Waals surface area (Å²) in [6, 6.07) is 4.15. The SMILES string of the molecule is C[C@H](O)[C@@H](N)c1ccc(F)c(I)c1. The molecule has 0 heterocycles. The van der Waals surface area contributed by atoms with Crippen LogP contribution in [0.25, 0.3) is 0 Å². The minimum absolute atomic E-state index is 0.262. The lowest BCUT2D eigenvalue weighted by molar-refractivity contribution is 0.164. The fraction of sp³-hybridized carbons (Fsp3) is 0.333. The Labute approximate surface area is 90.1 Å². The number of nitrogens with two attached hydrogens (primary N) is 1. The second kappa shape index (κ2) is 4.34. The van der Waals surface area contributed by atoms with Gasteiger partial charge in [-0.2, -0.15) is 0 Å². The molecule has 4 heteroatoms. The summed E-state index contributed by atoms with van der Waals surface area (Å²) in [4.78, 5) is 0. The van der Waals surface area contributed by atoms with Crippen molar-refractivity contribution in [1.29, 1.82) is 0 Å². The van der Waals surface area contributed by atoms with Gasteiger partial charge in [0.1, 0.15) is 5.82 Å². The Hall–Kier alpha value is -0.200. The van der Waals surface area contributed by atoms with Crippen LogP contribution in [0, 0.1) is 9.39 Å². The third kappa shape index (κ3) is 2.62. The zero-order valence-electron chi connectivity index (χ0n) is 7.17. The molecule has 1 aromatic carbocycles. The van der Waals surface area contributed by atoms with E-state index in [1.165, 1.54) is 6.07 Å². The van der Waals surface area contributed by atoms with Crippen LogP contribution in [0.4, 0.5) is 4.39 Å². The van der Waals surface area contributed by atoms with Crippen LogP contribution in [-0.4, -0.2) is 11.2 Å². The Balaban J connectivity index is 2.97. The molecule has 0 radical (unpaired) electrons. The molecule has 0 aliphatic carbocycles. The molecule has 13 heavy (non-hydrogen) atoms. The minimum Gasteiger partial charge on any atom is -0.391 e. The number of aliphatic hydroxyl groups is 1. The molecule has 1 aromatic rings. The first-order valence-electron chi connectivity index (χ1n) is 3.91. The number of benzene rings is 1. The zero-order valence-corrected chi connectivity index (χ0v) is 9.32. The quantitative estimate of drug-likeness (QED) is 0.817. The summed E-state index contributed by atoms with van der Waals surface area (Å²) in [6.07, 6.45) is -0.624. The summed E-state index contributed by atoms with van der Waals surface area (Å²) in [6.45, 7) is 1.61. The van der Waals surface area contributed by atoms with Crippen molar-refractivity contribution in [3.05, 3.63) is 33.1 Å². The highest BCUT2D eigenvalue weighted by atomic mass is 127. The fourth-order valence-electron chi connectivity index (χ4n) is 0.998. The van der Waals surface area contributed by atoms with E-state index < -0.39 is 12.1 Å². The van der Waals surface area contributed by atoms with E-state index >= 15 is 0 Å². The molecule has 0 aliphatic rings. The topological polar surface area (TPSA) is 46.2 Å². The highest BCUT2D eigenvalue weighted by molar-refractivity contribution is 14.1. The molecule has 0 aliphatic heterocycles. The predicted molar refractivity (Wildman–Crippen MR) is 57.7 cm³/mol. The normalized spacial score (nSPS) is 15.5. The van der Waals surface area contributed by atoms with Crippen molar-refractivity contribution in [2.75, 3.05) is 0 Å². The van der Waals surface area contributed by atoms with Gasteiger partial charge >= 0.3 is 0 Å². The molecule has 0 saturated carbocycles. The molecule has 2 nitrogen and oxygen atoms in total. The van der Waals surface area contributed by atoms with E-state index in [4.69, 9.17) is 5.73 Å².